The molecule has 0 saturated carbocycles. The van der Waals surface area contributed by atoms with Gasteiger partial charge in [-0.05, 0) is 48.5 Å². The van der Waals surface area contributed by atoms with Crippen molar-refractivity contribution in [3.63, 3.8) is 0 Å². The zero-order chi connectivity index (χ0) is 27.2. The van der Waals surface area contributed by atoms with E-state index in [1.54, 1.807) is 18.2 Å². The zero-order valence-electron chi connectivity index (χ0n) is 20.7. The molecule has 4 aromatic rings. The summed E-state index contributed by atoms with van der Waals surface area (Å²) in [4.78, 5) is 14.6. The molecule has 2 heterocycles. The van der Waals surface area contributed by atoms with Crippen LogP contribution in [0.3, 0.4) is 0 Å². The first kappa shape index (κ1) is 26.2. The Morgan fingerprint density at radius 3 is 2.44 bits per heavy atom. The van der Waals surface area contributed by atoms with Gasteiger partial charge in [-0.1, -0.05) is 23.7 Å². The van der Waals surface area contributed by atoms with Gasteiger partial charge >= 0.3 is 0 Å². The van der Waals surface area contributed by atoms with E-state index in [2.05, 4.69) is 35.7 Å². The summed E-state index contributed by atoms with van der Waals surface area (Å²) >= 11 is 6.35. The maximum atomic E-state index is 14.0. The molecule has 0 aliphatic carbocycles. The van der Waals surface area contributed by atoms with E-state index in [0.29, 0.717) is 11.6 Å². The number of para-hydroxylation sites is 1. The van der Waals surface area contributed by atoms with Gasteiger partial charge in [0.1, 0.15) is 29.0 Å². The van der Waals surface area contributed by atoms with Crippen LogP contribution in [-0.4, -0.2) is 36.1 Å². The molecule has 1 aliphatic heterocycles. The molecule has 11 heteroatoms. The molecular formula is C28H24ClF2N7O. The number of rotatable bonds is 8. The van der Waals surface area contributed by atoms with Crippen LogP contribution in [-0.2, 0) is 6.61 Å². The van der Waals surface area contributed by atoms with Crippen LogP contribution < -0.4 is 25.6 Å². The Labute approximate surface area is 229 Å². The fraction of sp³-hybridized carbons (Fsp3) is 0.179. The first-order chi connectivity index (χ1) is 19.0. The van der Waals surface area contributed by atoms with Crippen LogP contribution in [0.4, 0.5) is 43.3 Å². The highest BCUT2D eigenvalue weighted by atomic mass is 35.5. The first-order valence-corrected chi connectivity index (χ1v) is 12.6. The summed E-state index contributed by atoms with van der Waals surface area (Å²) < 4.78 is 33.6. The number of aromatic nitrogens is 2. The molecule has 0 radical (unpaired) electrons. The van der Waals surface area contributed by atoms with Gasteiger partial charge in [0, 0.05) is 43.2 Å². The molecule has 0 unspecified atom stereocenters. The third-order valence-electron chi connectivity index (χ3n) is 6.15. The van der Waals surface area contributed by atoms with Gasteiger partial charge in [0.05, 0.1) is 18.3 Å². The normalized spacial score (nSPS) is 13.0. The molecule has 198 valence electrons. The van der Waals surface area contributed by atoms with E-state index in [1.165, 1.54) is 12.3 Å². The van der Waals surface area contributed by atoms with Gasteiger partial charge in [-0.2, -0.15) is 4.98 Å². The predicted octanol–water partition coefficient (Wildman–Crippen LogP) is 6.43. The fourth-order valence-corrected chi connectivity index (χ4v) is 4.26. The van der Waals surface area contributed by atoms with Crippen molar-refractivity contribution in [1.29, 1.82) is 0 Å². The first-order valence-electron chi connectivity index (χ1n) is 12.2. The molecule has 3 N–H and O–H groups in total. The Morgan fingerprint density at radius 1 is 1.00 bits per heavy atom. The van der Waals surface area contributed by atoms with Crippen molar-refractivity contribution in [2.24, 2.45) is 0 Å². The van der Waals surface area contributed by atoms with Crippen LogP contribution >= 0.6 is 11.6 Å². The Balaban J connectivity index is 1.31. The molecule has 39 heavy (non-hydrogen) atoms. The van der Waals surface area contributed by atoms with E-state index < -0.39 is 11.6 Å². The van der Waals surface area contributed by atoms with Gasteiger partial charge in [-0.25, -0.2) is 18.6 Å². The van der Waals surface area contributed by atoms with Gasteiger partial charge in [0.25, 0.3) is 5.69 Å². The summed E-state index contributed by atoms with van der Waals surface area (Å²) in [6.45, 7) is 11.1. The summed E-state index contributed by atoms with van der Waals surface area (Å²) in [5.74, 6) is -0.706. The number of nitrogens with one attached hydrogen (secondary N) is 3. The Hall–Kier alpha value is -4.46. The molecule has 0 atom stereocenters. The number of ether oxygens (including phenoxy) is 1. The molecule has 1 aromatic heterocycles. The third-order valence-corrected chi connectivity index (χ3v) is 6.42. The Morgan fingerprint density at radius 2 is 1.72 bits per heavy atom. The molecule has 5 rings (SSSR count). The van der Waals surface area contributed by atoms with Crippen molar-refractivity contribution in [2.45, 2.75) is 6.61 Å². The number of anilines is 5. The topological polar surface area (TPSA) is 78.7 Å². The van der Waals surface area contributed by atoms with E-state index in [9.17, 15) is 8.78 Å². The maximum Gasteiger partial charge on any atom is 0.250 e. The summed E-state index contributed by atoms with van der Waals surface area (Å²) in [6.07, 6.45) is 1.45. The minimum Gasteiger partial charge on any atom is -0.500 e. The monoisotopic (exact) mass is 547 g/mol. The van der Waals surface area contributed by atoms with Gasteiger partial charge in [-0.3, -0.25) is 0 Å². The van der Waals surface area contributed by atoms with Crippen LogP contribution in [0, 0.1) is 18.2 Å². The van der Waals surface area contributed by atoms with E-state index in [4.69, 9.17) is 22.9 Å². The average Bonchev–Trinajstić information content (AvgIpc) is 2.95. The molecule has 8 nitrogen and oxygen atoms in total. The van der Waals surface area contributed by atoms with Crippen molar-refractivity contribution in [2.75, 3.05) is 41.7 Å². The van der Waals surface area contributed by atoms with Crippen molar-refractivity contribution in [1.82, 2.24) is 15.3 Å². The van der Waals surface area contributed by atoms with Crippen molar-refractivity contribution >= 4 is 46.1 Å². The summed E-state index contributed by atoms with van der Waals surface area (Å²) in [6, 6.07) is 16.4. The van der Waals surface area contributed by atoms with E-state index in [1.807, 2.05) is 24.3 Å². The van der Waals surface area contributed by atoms with Crippen LogP contribution in [0.5, 0.6) is 5.75 Å². The zero-order valence-corrected chi connectivity index (χ0v) is 21.5. The summed E-state index contributed by atoms with van der Waals surface area (Å²) in [5.41, 5.74) is 2.21. The Kier molecular flexibility index (Phi) is 8.01. The van der Waals surface area contributed by atoms with Crippen LogP contribution in [0.25, 0.3) is 4.85 Å². The highest BCUT2D eigenvalue weighted by molar-refractivity contribution is 6.33. The van der Waals surface area contributed by atoms with E-state index >= 15 is 0 Å². The molecule has 0 amide bonds. The smallest absolute Gasteiger partial charge is 0.250 e. The lowest BCUT2D eigenvalue weighted by Crippen LogP contribution is -2.43. The Bertz CT molecular complexity index is 1490. The van der Waals surface area contributed by atoms with Gasteiger partial charge in [0.15, 0.2) is 5.82 Å². The predicted molar refractivity (Wildman–Crippen MR) is 149 cm³/mol. The molecule has 3 aromatic carbocycles. The van der Waals surface area contributed by atoms with Crippen LogP contribution in [0.2, 0.25) is 5.02 Å². The quantitative estimate of drug-likeness (QED) is 0.219. The lowest BCUT2D eigenvalue weighted by molar-refractivity contribution is 0.294. The van der Waals surface area contributed by atoms with Crippen molar-refractivity contribution in [3.05, 3.63) is 100 Å². The van der Waals surface area contributed by atoms with Crippen LogP contribution in [0.1, 0.15) is 5.56 Å². The number of halogens is 3. The molecular weight excluding hydrogens is 524 g/mol. The average molecular weight is 548 g/mol. The van der Waals surface area contributed by atoms with Gasteiger partial charge in [0.2, 0.25) is 5.95 Å². The van der Waals surface area contributed by atoms with Gasteiger partial charge in [-0.15, -0.1) is 0 Å². The summed E-state index contributed by atoms with van der Waals surface area (Å²) in [7, 11) is 0. The lowest BCUT2D eigenvalue weighted by Gasteiger charge is -2.29. The molecule has 0 bridgehead atoms. The van der Waals surface area contributed by atoms with E-state index in [-0.39, 0.29) is 34.4 Å². The maximum absolute atomic E-state index is 14.0. The second-order valence-corrected chi connectivity index (χ2v) is 9.08. The largest absolute Gasteiger partial charge is 0.500 e. The second kappa shape index (κ2) is 11.9. The minimum absolute atomic E-state index is 0.113. The van der Waals surface area contributed by atoms with Crippen molar-refractivity contribution < 1.29 is 13.5 Å². The molecule has 0 spiro atoms. The van der Waals surface area contributed by atoms with E-state index in [0.717, 1.165) is 49.7 Å². The number of hydrogen-bond acceptors (Lipinski definition) is 7. The molecule has 1 saturated heterocycles. The third kappa shape index (κ3) is 6.17. The molecule has 1 fully saturated rings. The molecule has 1 aliphatic rings. The second-order valence-electron chi connectivity index (χ2n) is 8.68. The summed E-state index contributed by atoms with van der Waals surface area (Å²) in [5, 5.41) is 9.81. The standard InChI is InChI=1S/C28H24ClF2N7O/c1-32-26-24(6-3-7-25(26)39-17-20-22(30)4-2-5-23(20)31)36-27-21(29)16-34-28(37-27)35-18-8-10-19(11-9-18)38-14-12-33-13-15-38/h2-11,16,33H,12-15,17H2,(H2,34,35,36,37). The van der Waals surface area contributed by atoms with Crippen molar-refractivity contribution in [3.8, 4) is 5.75 Å². The van der Waals surface area contributed by atoms with Gasteiger partial charge < -0.3 is 25.6 Å². The van der Waals surface area contributed by atoms with Crippen LogP contribution in [0.15, 0.2) is 66.9 Å². The highest BCUT2D eigenvalue weighted by Crippen LogP contribution is 2.38. The SMILES string of the molecule is [C-]#[N+]c1c(Nc2nc(Nc3ccc(N4CCNCC4)cc3)ncc2Cl)cccc1OCc1c(F)cccc1F. The highest BCUT2D eigenvalue weighted by Gasteiger charge is 2.16. The number of hydrogen-bond donors (Lipinski definition) is 3. The fourth-order valence-electron chi connectivity index (χ4n) is 4.13. The number of nitrogens with zero attached hydrogens (tertiary/aromatic N) is 4. The number of benzene rings is 3. The minimum atomic E-state index is -0.722. The lowest BCUT2D eigenvalue weighted by atomic mass is 10.2. The number of piperazine rings is 1.